The third-order valence-electron chi connectivity index (χ3n) is 3.31. The van der Waals surface area contributed by atoms with Crippen molar-refractivity contribution < 1.29 is 9.90 Å². The highest BCUT2D eigenvalue weighted by atomic mass is 35.5. The number of anilines is 3. The predicted molar refractivity (Wildman–Crippen MR) is 79.5 cm³/mol. The monoisotopic (exact) mass is 288 g/mol. The fourth-order valence-corrected chi connectivity index (χ4v) is 2.63. The number of aliphatic hydroxyl groups is 1. The molecule has 5 heteroatoms. The molecule has 2 aromatic carbocycles. The maximum atomic E-state index is 11.8. The lowest BCUT2D eigenvalue weighted by molar-refractivity contribution is -0.115. The number of hydrogen-bond acceptors (Lipinski definition) is 3. The molecule has 1 aliphatic heterocycles. The molecule has 1 amide bonds. The van der Waals surface area contributed by atoms with Crippen LogP contribution >= 0.6 is 11.6 Å². The predicted octanol–water partition coefficient (Wildman–Crippen LogP) is 2.92. The van der Waals surface area contributed by atoms with Gasteiger partial charge >= 0.3 is 0 Å². The van der Waals surface area contributed by atoms with Gasteiger partial charge in [-0.3, -0.25) is 4.79 Å². The van der Waals surface area contributed by atoms with Crippen LogP contribution in [-0.4, -0.2) is 17.6 Å². The summed E-state index contributed by atoms with van der Waals surface area (Å²) in [5.74, 6) is -0.0902. The van der Waals surface area contributed by atoms with E-state index < -0.39 is 0 Å². The van der Waals surface area contributed by atoms with E-state index in [-0.39, 0.29) is 19.1 Å². The van der Waals surface area contributed by atoms with Crippen molar-refractivity contribution >= 4 is 34.6 Å². The van der Waals surface area contributed by atoms with Crippen molar-refractivity contribution in [1.82, 2.24) is 0 Å². The van der Waals surface area contributed by atoms with Crippen LogP contribution in [0.3, 0.4) is 0 Å². The Morgan fingerprint density at radius 3 is 2.70 bits per heavy atom. The Kier molecular flexibility index (Phi) is 3.34. The van der Waals surface area contributed by atoms with Gasteiger partial charge in [-0.2, -0.15) is 0 Å². The van der Waals surface area contributed by atoms with E-state index in [1.807, 2.05) is 41.3 Å². The first-order valence-electron chi connectivity index (χ1n) is 6.25. The third-order valence-corrected chi connectivity index (χ3v) is 3.67. The molecule has 0 saturated heterocycles. The summed E-state index contributed by atoms with van der Waals surface area (Å²) in [6.07, 6.45) is 0. The average molecular weight is 289 g/mol. The van der Waals surface area contributed by atoms with Gasteiger partial charge in [-0.05, 0) is 24.3 Å². The molecule has 0 aromatic heterocycles. The summed E-state index contributed by atoms with van der Waals surface area (Å²) >= 11 is 6.13. The molecule has 3 rings (SSSR count). The first-order valence-corrected chi connectivity index (χ1v) is 6.63. The van der Waals surface area contributed by atoms with Crippen molar-refractivity contribution in [2.24, 2.45) is 0 Å². The third kappa shape index (κ3) is 2.13. The maximum absolute atomic E-state index is 11.8. The van der Waals surface area contributed by atoms with Crippen LogP contribution in [0.5, 0.6) is 0 Å². The highest BCUT2D eigenvalue weighted by Gasteiger charge is 2.24. The minimum atomic E-state index is -0.171. The van der Waals surface area contributed by atoms with Crippen molar-refractivity contribution in [3.05, 3.63) is 53.1 Å². The Morgan fingerprint density at radius 2 is 1.90 bits per heavy atom. The summed E-state index contributed by atoms with van der Waals surface area (Å²) in [5, 5.41) is 12.9. The van der Waals surface area contributed by atoms with E-state index >= 15 is 0 Å². The molecule has 0 fully saturated rings. The number of para-hydroxylation sites is 2. The molecule has 0 saturated carbocycles. The summed E-state index contributed by atoms with van der Waals surface area (Å²) < 4.78 is 0. The molecule has 0 spiro atoms. The SMILES string of the molecule is O=C1CN(c2cccc(Cl)c2CO)c2ccccc2N1. The number of benzene rings is 2. The van der Waals surface area contributed by atoms with E-state index in [2.05, 4.69) is 5.32 Å². The van der Waals surface area contributed by atoms with E-state index in [1.165, 1.54) is 0 Å². The molecule has 0 aliphatic carbocycles. The molecule has 1 heterocycles. The van der Waals surface area contributed by atoms with Gasteiger partial charge in [-0.25, -0.2) is 0 Å². The number of halogens is 1. The number of fused-ring (bicyclic) bond motifs is 1. The minimum absolute atomic E-state index is 0.0902. The van der Waals surface area contributed by atoms with Crippen LogP contribution in [0.1, 0.15) is 5.56 Å². The second-order valence-electron chi connectivity index (χ2n) is 4.55. The molecular formula is C15H13ClN2O2. The Bertz CT molecular complexity index is 673. The molecule has 0 atom stereocenters. The highest BCUT2D eigenvalue weighted by molar-refractivity contribution is 6.31. The van der Waals surface area contributed by atoms with Crippen molar-refractivity contribution in [3.63, 3.8) is 0 Å². The van der Waals surface area contributed by atoms with Crippen LogP contribution in [0.25, 0.3) is 0 Å². The molecular weight excluding hydrogens is 276 g/mol. The quantitative estimate of drug-likeness (QED) is 0.893. The lowest BCUT2D eigenvalue weighted by Gasteiger charge is -2.32. The number of amides is 1. The van der Waals surface area contributed by atoms with E-state index in [1.54, 1.807) is 6.07 Å². The first-order chi connectivity index (χ1) is 9.70. The van der Waals surface area contributed by atoms with Gasteiger partial charge in [-0.1, -0.05) is 29.8 Å². The van der Waals surface area contributed by atoms with Crippen molar-refractivity contribution in [3.8, 4) is 0 Å². The molecule has 0 unspecified atom stereocenters. The number of rotatable bonds is 2. The fraction of sp³-hybridized carbons (Fsp3) is 0.133. The zero-order chi connectivity index (χ0) is 14.1. The van der Waals surface area contributed by atoms with Crippen LogP contribution in [0.4, 0.5) is 17.1 Å². The lowest BCUT2D eigenvalue weighted by atomic mass is 10.1. The van der Waals surface area contributed by atoms with E-state index in [4.69, 9.17) is 11.6 Å². The van der Waals surface area contributed by atoms with Gasteiger partial charge in [0.1, 0.15) is 6.54 Å². The largest absolute Gasteiger partial charge is 0.392 e. The Morgan fingerprint density at radius 1 is 1.15 bits per heavy atom. The summed E-state index contributed by atoms with van der Waals surface area (Å²) in [6, 6.07) is 12.9. The van der Waals surface area contributed by atoms with Gasteiger partial charge < -0.3 is 15.3 Å². The van der Waals surface area contributed by atoms with Crippen LogP contribution < -0.4 is 10.2 Å². The molecule has 4 nitrogen and oxygen atoms in total. The van der Waals surface area contributed by atoms with E-state index in [0.717, 1.165) is 17.1 Å². The number of nitrogens with one attached hydrogen (secondary N) is 1. The Balaban J connectivity index is 2.16. The lowest BCUT2D eigenvalue weighted by Crippen LogP contribution is -2.35. The molecule has 0 bridgehead atoms. The van der Waals surface area contributed by atoms with E-state index in [0.29, 0.717) is 10.6 Å². The Labute approximate surface area is 121 Å². The molecule has 102 valence electrons. The molecule has 1 aliphatic rings. The standard InChI is InChI=1S/C15H13ClN2O2/c16-11-4-3-7-13(10(11)9-19)18-8-15(20)17-12-5-1-2-6-14(12)18/h1-7,19H,8-9H2,(H,17,20). The number of hydrogen-bond donors (Lipinski definition) is 2. The van der Waals surface area contributed by atoms with Crippen LogP contribution in [-0.2, 0) is 11.4 Å². The van der Waals surface area contributed by atoms with Crippen LogP contribution in [0, 0.1) is 0 Å². The zero-order valence-corrected chi connectivity index (χ0v) is 11.4. The molecule has 0 radical (unpaired) electrons. The second kappa shape index (κ2) is 5.15. The summed E-state index contributed by atoms with van der Waals surface area (Å²) in [7, 11) is 0. The number of nitrogens with zero attached hydrogens (tertiary/aromatic N) is 1. The fourth-order valence-electron chi connectivity index (χ4n) is 2.40. The van der Waals surface area contributed by atoms with Gasteiger partial charge in [0.2, 0.25) is 5.91 Å². The minimum Gasteiger partial charge on any atom is -0.392 e. The van der Waals surface area contributed by atoms with Crippen LogP contribution in [0.2, 0.25) is 5.02 Å². The topological polar surface area (TPSA) is 52.6 Å². The van der Waals surface area contributed by atoms with E-state index in [9.17, 15) is 9.90 Å². The number of carbonyl (C=O) groups excluding carboxylic acids is 1. The van der Waals surface area contributed by atoms with Crippen molar-refractivity contribution in [2.75, 3.05) is 16.8 Å². The number of carbonyl (C=O) groups is 1. The first kappa shape index (κ1) is 13.0. The summed E-state index contributed by atoms with van der Waals surface area (Å²) in [6.45, 7) is 0.0274. The van der Waals surface area contributed by atoms with Crippen molar-refractivity contribution in [1.29, 1.82) is 0 Å². The highest BCUT2D eigenvalue weighted by Crippen LogP contribution is 2.38. The van der Waals surface area contributed by atoms with Gasteiger partial charge in [0, 0.05) is 16.3 Å². The summed E-state index contributed by atoms with van der Waals surface area (Å²) in [4.78, 5) is 13.7. The molecule has 20 heavy (non-hydrogen) atoms. The Hall–Kier alpha value is -2.04. The van der Waals surface area contributed by atoms with Gasteiger partial charge in [0.25, 0.3) is 0 Å². The second-order valence-corrected chi connectivity index (χ2v) is 4.95. The van der Waals surface area contributed by atoms with Crippen molar-refractivity contribution in [2.45, 2.75) is 6.61 Å². The molecule has 2 N–H and O–H groups in total. The average Bonchev–Trinajstić information content (AvgIpc) is 2.46. The van der Waals surface area contributed by atoms with Gasteiger partial charge in [0.05, 0.1) is 18.0 Å². The van der Waals surface area contributed by atoms with Gasteiger partial charge in [-0.15, -0.1) is 0 Å². The molecule has 2 aromatic rings. The van der Waals surface area contributed by atoms with Crippen LogP contribution in [0.15, 0.2) is 42.5 Å². The van der Waals surface area contributed by atoms with Gasteiger partial charge in [0.15, 0.2) is 0 Å². The number of aliphatic hydroxyl groups excluding tert-OH is 1. The maximum Gasteiger partial charge on any atom is 0.244 e. The normalized spacial score (nSPS) is 13.9. The smallest absolute Gasteiger partial charge is 0.244 e. The summed E-state index contributed by atoms with van der Waals surface area (Å²) in [5.41, 5.74) is 3.03. The zero-order valence-electron chi connectivity index (χ0n) is 10.6.